The zero-order valence-corrected chi connectivity index (χ0v) is 17.4. The molecule has 0 spiro atoms. The minimum Gasteiger partial charge on any atom is -0.0622 e. The van der Waals surface area contributed by atoms with Gasteiger partial charge in [-0.05, 0) is 50.9 Å². The van der Waals surface area contributed by atoms with Crippen LogP contribution in [0.1, 0.15) is 11.1 Å². The highest BCUT2D eigenvalue weighted by molar-refractivity contribution is 5.84. The second kappa shape index (κ2) is 8.85. The molecule has 5 aromatic carbocycles. The van der Waals surface area contributed by atoms with Crippen molar-refractivity contribution in [1.29, 1.82) is 0 Å². The molecule has 0 aliphatic carbocycles. The molecular formula is C31H24. The Balaban J connectivity index is 1.57. The van der Waals surface area contributed by atoms with E-state index in [1.165, 1.54) is 44.5 Å². The lowest BCUT2D eigenvalue weighted by Gasteiger charge is -2.14. The third kappa shape index (κ3) is 4.34. The minimum absolute atomic E-state index is 0.936. The Morgan fingerprint density at radius 1 is 0.323 bits per heavy atom. The van der Waals surface area contributed by atoms with E-state index in [1.54, 1.807) is 0 Å². The first-order chi connectivity index (χ1) is 15.4. The molecule has 0 saturated carbocycles. The van der Waals surface area contributed by atoms with Crippen molar-refractivity contribution in [3.05, 3.63) is 145 Å². The number of hydrogen-bond acceptors (Lipinski definition) is 0. The van der Waals surface area contributed by atoms with E-state index in [4.69, 9.17) is 0 Å². The highest BCUT2D eigenvalue weighted by Crippen LogP contribution is 2.34. The lowest BCUT2D eigenvalue weighted by Crippen LogP contribution is -1.92. The van der Waals surface area contributed by atoms with Crippen molar-refractivity contribution >= 4 is 0 Å². The van der Waals surface area contributed by atoms with Gasteiger partial charge in [0.1, 0.15) is 0 Å². The highest BCUT2D eigenvalue weighted by Gasteiger charge is 2.10. The molecule has 0 aromatic heterocycles. The fourth-order valence-corrected chi connectivity index (χ4v) is 4.11. The van der Waals surface area contributed by atoms with Crippen LogP contribution in [-0.4, -0.2) is 0 Å². The Morgan fingerprint density at radius 3 is 1.45 bits per heavy atom. The van der Waals surface area contributed by atoms with Crippen molar-refractivity contribution in [1.82, 2.24) is 0 Å². The van der Waals surface area contributed by atoms with Crippen molar-refractivity contribution in [3.8, 4) is 33.4 Å². The summed E-state index contributed by atoms with van der Waals surface area (Å²) in [6, 6.07) is 47.7. The monoisotopic (exact) mass is 396 g/mol. The molecule has 5 rings (SSSR count). The average Bonchev–Trinajstić information content (AvgIpc) is 2.86. The molecule has 0 heteroatoms. The second-order valence-corrected chi connectivity index (χ2v) is 7.85. The lowest BCUT2D eigenvalue weighted by atomic mass is 9.90. The molecule has 148 valence electrons. The van der Waals surface area contributed by atoms with E-state index in [0.717, 1.165) is 6.42 Å². The molecule has 0 N–H and O–H groups in total. The normalized spacial score (nSPS) is 10.7. The van der Waals surface area contributed by atoms with E-state index in [2.05, 4.69) is 133 Å². The molecule has 0 unspecified atom stereocenters. The third-order valence-corrected chi connectivity index (χ3v) is 5.72. The van der Waals surface area contributed by atoms with Gasteiger partial charge in [-0.3, -0.25) is 0 Å². The summed E-state index contributed by atoms with van der Waals surface area (Å²) in [4.78, 5) is 0. The van der Waals surface area contributed by atoms with E-state index in [9.17, 15) is 0 Å². The van der Waals surface area contributed by atoms with Crippen LogP contribution in [-0.2, 0) is 6.42 Å². The predicted molar refractivity (Wildman–Crippen MR) is 132 cm³/mol. The van der Waals surface area contributed by atoms with Crippen molar-refractivity contribution in [2.75, 3.05) is 0 Å². The van der Waals surface area contributed by atoms with Gasteiger partial charge >= 0.3 is 0 Å². The summed E-state index contributed by atoms with van der Waals surface area (Å²) in [5.41, 5.74) is 10.2. The average molecular weight is 397 g/mol. The van der Waals surface area contributed by atoms with Gasteiger partial charge in [-0.1, -0.05) is 133 Å². The maximum absolute atomic E-state index is 2.35. The van der Waals surface area contributed by atoms with Crippen LogP contribution in [0.5, 0.6) is 0 Å². The summed E-state index contributed by atoms with van der Waals surface area (Å²) in [5.74, 6) is 0. The van der Waals surface area contributed by atoms with Crippen LogP contribution in [0.25, 0.3) is 33.4 Å². The Morgan fingerprint density at radius 2 is 0.806 bits per heavy atom. The van der Waals surface area contributed by atoms with Gasteiger partial charge in [0.15, 0.2) is 0 Å². The summed E-state index contributed by atoms with van der Waals surface area (Å²) in [6.07, 6.45) is 0.936. The first-order valence-corrected chi connectivity index (χ1v) is 10.7. The molecule has 0 bridgehead atoms. The Kier molecular flexibility index (Phi) is 5.45. The summed E-state index contributed by atoms with van der Waals surface area (Å²) in [7, 11) is 0. The van der Waals surface area contributed by atoms with Gasteiger partial charge in [0.25, 0.3) is 0 Å². The standard InChI is InChI=1S/C31H24/c1-4-10-24(11-5-1)22-25-16-21-30(28-14-8-3-9-15-28)31(23-25)29-19-17-27(18-20-29)26-12-6-2-7-13-26/h1-21,23H,22H2. The summed E-state index contributed by atoms with van der Waals surface area (Å²) < 4.78 is 0. The third-order valence-electron chi connectivity index (χ3n) is 5.72. The van der Waals surface area contributed by atoms with Crippen LogP contribution in [0, 0.1) is 0 Å². The quantitative estimate of drug-likeness (QED) is 0.280. The number of benzene rings is 5. The zero-order chi connectivity index (χ0) is 20.9. The Labute approximate surface area is 184 Å². The minimum atomic E-state index is 0.936. The molecule has 0 radical (unpaired) electrons. The van der Waals surface area contributed by atoms with Gasteiger partial charge < -0.3 is 0 Å². The Bertz CT molecular complexity index is 1250. The number of rotatable bonds is 5. The predicted octanol–water partition coefficient (Wildman–Crippen LogP) is 8.28. The Hall–Kier alpha value is -3.90. The van der Waals surface area contributed by atoms with E-state index < -0.39 is 0 Å². The summed E-state index contributed by atoms with van der Waals surface area (Å²) in [6.45, 7) is 0. The van der Waals surface area contributed by atoms with E-state index in [-0.39, 0.29) is 0 Å². The van der Waals surface area contributed by atoms with Gasteiger partial charge in [0.05, 0.1) is 0 Å². The first kappa shape index (κ1) is 19.1. The molecule has 0 nitrogen and oxygen atoms in total. The van der Waals surface area contributed by atoms with Crippen molar-refractivity contribution in [2.45, 2.75) is 6.42 Å². The topological polar surface area (TPSA) is 0 Å². The molecule has 31 heavy (non-hydrogen) atoms. The largest absolute Gasteiger partial charge is 0.0622 e. The molecule has 0 aliphatic rings. The van der Waals surface area contributed by atoms with Crippen molar-refractivity contribution in [2.24, 2.45) is 0 Å². The van der Waals surface area contributed by atoms with Crippen LogP contribution in [0.4, 0.5) is 0 Å². The maximum Gasteiger partial charge on any atom is -0.00255 e. The van der Waals surface area contributed by atoms with E-state index in [0.29, 0.717) is 0 Å². The van der Waals surface area contributed by atoms with Crippen LogP contribution in [0.15, 0.2) is 133 Å². The van der Waals surface area contributed by atoms with Crippen LogP contribution in [0.3, 0.4) is 0 Å². The first-order valence-electron chi connectivity index (χ1n) is 10.7. The number of hydrogen-bond donors (Lipinski definition) is 0. The molecular weight excluding hydrogens is 372 g/mol. The van der Waals surface area contributed by atoms with Gasteiger partial charge in [-0.15, -0.1) is 0 Å². The van der Waals surface area contributed by atoms with Crippen molar-refractivity contribution in [3.63, 3.8) is 0 Å². The summed E-state index contributed by atoms with van der Waals surface area (Å²) >= 11 is 0. The van der Waals surface area contributed by atoms with Gasteiger partial charge in [0.2, 0.25) is 0 Å². The zero-order valence-electron chi connectivity index (χ0n) is 17.4. The second-order valence-electron chi connectivity index (χ2n) is 7.85. The summed E-state index contributed by atoms with van der Waals surface area (Å²) in [5, 5.41) is 0. The fraction of sp³-hybridized carbons (Fsp3) is 0.0323. The van der Waals surface area contributed by atoms with Gasteiger partial charge in [0, 0.05) is 0 Å². The van der Waals surface area contributed by atoms with Crippen LogP contribution in [0.2, 0.25) is 0 Å². The van der Waals surface area contributed by atoms with E-state index >= 15 is 0 Å². The molecule has 0 heterocycles. The molecule has 0 amide bonds. The van der Waals surface area contributed by atoms with Crippen LogP contribution >= 0.6 is 0 Å². The van der Waals surface area contributed by atoms with E-state index in [1.807, 2.05) is 0 Å². The highest BCUT2D eigenvalue weighted by atomic mass is 14.1. The molecule has 5 aromatic rings. The van der Waals surface area contributed by atoms with Gasteiger partial charge in [-0.25, -0.2) is 0 Å². The van der Waals surface area contributed by atoms with Gasteiger partial charge in [-0.2, -0.15) is 0 Å². The SMILES string of the molecule is c1ccc(Cc2ccc(-c3ccccc3)c(-c3ccc(-c4ccccc4)cc3)c2)cc1. The molecule has 0 fully saturated rings. The molecule has 0 aliphatic heterocycles. The molecule has 0 atom stereocenters. The van der Waals surface area contributed by atoms with Crippen LogP contribution < -0.4 is 0 Å². The smallest absolute Gasteiger partial charge is 0.00255 e. The van der Waals surface area contributed by atoms with Crippen molar-refractivity contribution < 1.29 is 0 Å². The lowest BCUT2D eigenvalue weighted by molar-refractivity contribution is 1.19. The maximum atomic E-state index is 2.35. The molecule has 0 saturated heterocycles. The fourth-order valence-electron chi connectivity index (χ4n) is 4.11.